The first-order valence-corrected chi connectivity index (χ1v) is 10.3. The van der Waals surface area contributed by atoms with Crippen molar-refractivity contribution in [2.45, 2.75) is 64.2 Å². The van der Waals surface area contributed by atoms with Crippen molar-refractivity contribution < 1.29 is 4.79 Å². The Bertz CT molecular complexity index is 635. The van der Waals surface area contributed by atoms with E-state index in [-0.39, 0.29) is 36.4 Å². The van der Waals surface area contributed by atoms with E-state index < -0.39 is 0 Å². The molecule has 1 aliphatic carbocycles. The van der Waals surface area contributed by atoms with E-state index in [4.69, 9.17) is 0 Å². The van der Waals surface area contributed by atoms with Crippen LogP contribution < -0.4 is 16.0 Å². The highest BCUT2D eigenvalue weighted by Gasteiger charge is 2.26. The summed E-state index contributed by atoms with van der Waals surface area (Å²) >= 11 is 0. The van der Waals surface area contributed by atoms with Crippen molar-refractivity contribution in [1.29, 1.82) is 0 Å². The van der Waals surface area contributed by atoms with Gasteiger partial charge in [-0.3, -0.25) is 9.69 Å². The molecule has 2 aliphatic rings. The molecule has 0 spiro atoms. The van der Waals surface area contributed by atoms with Gasteiger partial charge in [0.05, 0.1) is 0 Å². The van der Waals surface area contributed by atoms with Crippen LogP contribution in [0.4, 0.5) is 0 Å². The predicted octanol–water partition coefficient (Wildman–Crippen LogP) is 2.49. The van der Waals surface area contributed by atoms with Gasteiger partial charge < -0.3 is 16.0 Å². The molecule has 3 N–H and O–H groups in total. The average Bonchev–Trinajstić information content (AvgIpc) is 3.47. The molecule has 2 atom stereocenters. The molecule has 0 radical (unpaired) electrons. The van der Waals surface area contributed by atoms with Crippen LogP contribution >= 0.6 is 24.0 Å². The van der Waals surface area contributed by atoms with Crippen LogP contribution in [-0.4, -0.2) is 54.5 Å². The molecule has 1 aliphatic heterocycles. The highest BCUT2D eigenvalue weighted by molar-refractivity contribution is 14.0. The number of rotatable bonds is 7. The number of nitrogens with zero attached hydrogens (tertiary/aromatic N) is 2. The molecule has 3 rings (SSSR count). The molecule has 7 heteroatoms. The average molecular weight is 499 g/mol. The van der Waals surface area contributed by atoms with E-state index in [9.17, 15) is 4.79 Å². The van der Waals surface area contributed by atoms with Gasteiger partial charge in [0, 0.05) is 37.8 Å². The monoisotopic (exact) mass is 499 g/mol. The van der Waals surface area contributed by atoms with Crippen molar-refractivity contribution in [3.63, 3.8) is 0 Å². The summed E-state index contributed by atoms with van der Waals surface area (Å²) in [7, 11) is 0. The van der Waals surface area contributed by atoms with Gasteiger partial charge in [0.2, 0.25) is 5.91 Å². The highest BCUT2D eigenvalue weighted by atomic mass is 127. The van der Waals surface area contributed by atoms with Gasteiger partial charge in [0.15, 0.2) is 5.96 Å². The van der Waals surface area contributed by atoms with Crippen LogP contribution in [0.1, 0.15) is 45.1 Å². The maximum Gasteiger partial charge on any atom is 0.242 e. The van der Waals surface area contributed by atoms with E-state index in [1.165, 1.54) is 5.56 Å². The van der Waals surface area contributed by atoms with Gasteiger partial charge in [-0.15, -0.1) is 24.0 Å². The second-order valence-corrected chi connectivity index (χ2v) is 7.71. The van der Waals surface area contributed by atoms with E-state index in [0.29, 0.717) is 18.1 Å². The maximum atomic E-state index is 11.9. The third-order valence-corrected chi connectivity index (χ3v) is 5.25. The lowest BCUT2D eigenvalue weighted by molar-refractivity contribution is -0.119. The second-order valence-electron chi connectivity index (χ2n) is 7.71. The zero-order valence-corrected chi connectivity index (χ0v) is 19.3. The van der Waals surface area contributed by atoms with E-state index >= 15 is 0 Å². The van der Waals surface area contributed by atoms with Crippen molar-refractivity contribution >= 4 is 35.8 Å². The van der Waals surface area contributed by atoms with Gasteiger partial charge in [0.1, 0.15) is 6.54 Å². The Labute approximate surface area is 186 Å². The molecule has 1 amide bonds. The van der Waals surface area contributed by atoms with Crippen LogP contribution in [0.3, 0.4) is 0 Å². The zero-order chi connectivity index (χ0) is 19.1. The van der Waals surface area contributed by atoms with Gasteiger partial charge >= 0.3 is 0 Å². The SMILES string of the molecule is CCNC(=NCC(=O)NC1CC1)NC1CCN(Cc2ccccc2)C(C)C1.I. The normalized spacial score (nSPS) is 22.9. The zero-order valence-electron chi connectivity index (χ0n) is 17.0. The van der Waals surface area contributed by atoms with Crippen molar-refractivity contribution in [1.82, 2.24) is 20.9 Å². The standard InChI is InChI=1S/C21H33N5O.HI/c1-3-22-21(23-14-20(27)24-18-9-10-18)25-19-11-12-26(16(2)13-19)15-17-7-5-4-6-8-17;/h4-8,16,18-19H,3,9-15H2,1-2H3,(H,24,27)(H2,22,23,25);1H. The van der Waals surface area contributed by atoms with E-state index in [1.807, 2.05) is 6.92 Å². The fourth-order valence-electron chi connectivity index (χ4n) is 3.57. The molecule has 1 saturated heterocycles. The van der Waals surface area contributed by atoms with Crippen LogP contribution in [0.5, 0.6) is 0 Å². The third-order valence-electron chi connectivity index (χ3n) is 5.25. The van der Waals surface area contributed by atoms with Crippen LogP contribution in [0.2, 0.25) is 0 Å². The number of benzene rings is 1. The van der Waals surface area contributed by atoms with E-state index in [2.05, 4.69) is 63.1 Å². The summed E-state index contributed by atoms with van der Waals surface area (Å²) in [6, 6.07) is 11.9. The topological polar surface area (TPSA) is 68.8 Å². The maximum absolute atomic E-state index is 11.9. The molecule has 0 bridgehead atoms. The number of likely N-dealkylation sites (tertiary alicyclic amines) is 1. The number of piperidine rings is 1. The summed E-state index contributed by atoms with van der Waals surface area (Å²) in [5, 5.41) is 9.78. The molecular weight excluding hydrogens is 465 g/mol. The summed E-state index contributed by atoms with van der Waals surface area (Å²) in [4.78, 5) is 18.9. The lowest BCUT2D eigenvalue weighted by atomic mass is 9.97. The van der Waals surface area contributed by atoms with Crippen molar-refractivity contribution in [3.05, 3.63) is 35.9 Å². The Hall–Kier alpha value is -1.35. The first-order valence-electron chi connectivity index (χ1n) is 10.3. The van der Waals surface area contributed by atoms with E-state index in [0.717, 1.165) is 51.3 Å². The summed E-state index contributed by atoms with van der Waals surface area (Å²) in [5.41, 5.74) is 1.37. The molecule has 2 unspecified atom stereocenters. The number of nitrogens with one attached hydrogen (secondary N) is 3. The minimum Gasteiger partial charge on any atom is -0.357 e. The highest BCUT2D eigenvalue weighted by Crippen LogP contribution is 2.20. The smallest absolute Gasteiger partial charge is 0.242 e. The minimum absolute atomic E-state index is 0. The van der Waals surface area contributed by atoms with Gasteiger partial charge in [-0.1, -0.05) is 30.3 Å². The molecule has 1 heterocycles. The number of halogens is 1. The predicted molar refractivity (Wildman–Crippen MR) is 125 cm³/mol. The number of aliphatic imine (C=N–C) groups is 1. The molecule has 6 nitrogen and oxygen atoms in total. The number of amides is 1. The fraction of sp³-hybridized carbons (Fsp3) is 0.619. The molecule has 1 aromatic rings. The number of hydrogen-bond acceptors (Lipinski definition) is 3. The Morgan fingerprint density at radius 3 is 2.54 bits per heavy atom. The molecule has 1 aromatic carbocycles. The van der Waals surface area contributed by atoms with Crippen LogP contribution in [0.15, 0.2) is 35.3 Å². The Morgan fingerprint density at radius 2 is 1.89 bits per heavy atom. The molecular formula is C21H34IN5O. The summed E-state index contributed by atoms with van der Waals surface area (Å²) in [6.07, 6.45) is 4.36. The van der Waals surface area contributed by atoms with Gasteiger partial charge in [-0.05, 0) is 45.1 Å². The Kier molecular flexibility index (Phi) is 9.50. The Balaban J connectivity index is 0.00000280. The second kappa shape index (κ2) is 11.6. The largest absolute Gasteiger partial charge is 0.357 e. The van der Waals surface area contributed by atoms with Gasteiger partial charge in [-0.2, -0.15) is 0 Å². The molecule has 0 aromatic heterocycles. The van der Waals surface area contributed by atoms with Crippen LogP contribution in [-0.2, 0) is 11.3 Å². The quantitative estimate of drug-likeness (QED) is 0.307. The number of carbonyl (C=O) groups is 1. The minimum atomic E-state index is 0. The van der Waals surface area contributed by atoms with Gasteiger partial charge in [0.25, 0.3) is 0 Å². The third kappa shape index (κ3) is 7.58. The first kappa shape index (κ1) is 22.9. The molecule has 2 fully saturated rings. The van der Waals surface area contributed by atoms with Crippen LogP contribution in [0, 0.1) is 0 Å². The van der Waals surface area contributed by atoms with E-state index in [1.54, 1.807) is 0 Å². The molecule has 1 saturated carbocycles. The molecule has 156 valence electrons. The lowest BCUT2D eigenvalue weighted by Crippen LogP contribution is -2.51. The summed E-state index contributed by atoms with van der Waals surface area (Å²) in [5.74, 6) is 0.762. The summed E-state index contributed by atoms with van der Waals surface area (Å²) < 4.78 is 0. The summed E-state index contributed by atoms with van der Waals surface area (Å²) in [6.45, 7) is 7.39. The number of guanidine groups is 1. The number of carbonyl (C=O) groups excluding carboxylic acids is 1. The molecule has 28 heavy (non-hydrogen) atoms. The Morgan fingerprint density at radius 1 is 1.14 bits per heavy atom. The lowest BCUT2D eigenvalue weighted by Gasteiger charge is -2.38. The van der Waals surface area contributed by atoms with Gasteiger partial charge in [-0.25, -0.2) is 4.99 Å². The van der Waals surface area contributed by atoms with Crippen LogP contribution in [0.25, 0.3) is 0 Å². The van der Waals surface area contributed by atoms with Crippen molar-refractivity contribution in [2.24, 2.45) is 4.99 Å². The van der Waals surface area contributed by atoms with Crippen molar-refractivity contribution in [3.8, 4) is 0 Å². The fourth-order valence-corrected chi connectivity index (χ4v) is 3.57. The van der Waals surface area contributed by atoms with Crippen molar-refractivity contribution in [2.75, 3.05) is 19.6 Å². The number of hydrogen-bond donors (Lipinski definition) is 3. The first-order chi connectivity index (χ1) is 13.1.